The van der Waals surface area contributed by atoms with E-state index in [1.54, 1.807) is 72.7 Å². The largest absolute Gasteiger partial charge is 0.444 e. The third kappa shape index (κ3) is 7.88. The molecule has 2 aromatic carbocycles. The van der Waals surface area contributed by atoms with Crippen LogP contribution in [-0.2, 0) is 20.9 Å². The van der Waals surface area contributed by atoms with Gasteiger partial charge in [-0.05, 0) is 50.6 Å². The molecular formula is C28H34ClFN4O5S. The molecule has 0 fully saturated rings. The maximum Gasteiger partial charge on any atom is 0.408 e. The van der Waals surface area contributed by atoms with Gasteiger partial charge in [0.2, 0.25) is 5.91 Å². The van der Waals surface area contributed by atoms with Crippen molar-refractivity contribution in [3.8, 4) is 0 Å². The van der Waals surface area contributed by atoms with Crippen LogP contribution in [0.5, 0.6) is 0 Å². The summed E-state index contributed by atoms with van der Waals surface area (Å²) in [5.74, 6) is -2.66. The number of hydrogen-bond acceptors (Lipinski definition) is 6. The third-order valence-electron chi connectivity index (χ3n) is 5.80. The lowest BCUT2D eigenvalue weighted by molar-refractivity contribution is -0.129. The Bertz CT molecular complexity index is 1310. The van der Waals surface area contributed by atoms with Crippen LogP contribution in [0.4, 0.5) is 14.9 Å². The maximum absolute atomic E-state index is 15.2. The first kappa shape index (κ1) is 31.2. The number of ether oxygens (including phenoxy) is 1. The van der Waals surface area contributed by atoms with Gasteiger partial charge in [0.05, 0.1) is 17.8 Å². The Hall–Kier alpha value is -3.31. The number of fused-ring (bicyclic) bond motifs is 1. The van der Waals surface area contributed by atoms with Crippen LogP contribution in [0.3, 0.4) is 0 Å². The molecule has 1 aliphatic rings. The summed E-state index contributed by atoms with van der Waals surface area (Å²) in [5.41, 5.74) is 3.59. The predicted octanol–water partition coefficient (Wildman–Crippen LogP) is 5.21. The van der Waals surface area contributed by atoms with E-state index in [0.29, 0.717) is 15.5 Å². The SMILES string of the molecule is C[C@H]1Sc2cc(F)c(C(=O)NNC(=O)C(C)(C)C)cc2N(Cc2ccc(Cl)cc2)C(=O)[C@H]1NC(=O)OC(C)(C)C. The van der Waals surface area contributed by atoms with E-state index in [0.717, 1.165) is 0 Å². The summed E-state index contributed by atoms with van der Waals surface area (Å²) < 4.78 is 20.6. The number of carbonyl (C=O) groups is 4. The quantitative estimate of drug-likeness (QED) is 0.420. The molecule has 2 aromatic rings. The minimum Gasteiger partial charge on any atom is -0.444 e. The van der Waals surface area contributed by atoms with Gasteiger partial charge in [-0.2, -0.15) is 0 Å². The number of carbonyl (C=O) groups excluding carboxylic acids is 4. The second-order valence-corrected chi connectivity index (χ2v) is 13.3. The van der Waals surface area contributed by atoms with Gasteiger partial charge in [0.1, 0.15) is 17.5 Å². The summed E-state index contributed by atoms with van der Waals surface area (Å²) >= 11 is 7.22. The van der Waals surface area contributed by atoms with Gasteiger partial charge in [0.25, 0.3) is 11.8 Å². The fraction of sp³-hybridized carbons (Fsp3) is 0.429. The summed E-state index contributed by atoms with van der Waals surface area (Å²) in [5, 5.41) is 2.66. The second kappa shape index (κ2) is 12.1. The summed E-state index contributed by atoms with van der Waals surface area (Å²) in [6.07, 6.45) is -0.767. The highest BCUT2D eigenvalue weighted by Gasteiger charge is 2.38. The van der Waals surface area contributed by atoms with Crippen molar-refractivity contribution in [3.05, 3.63) is 58.4 Å². The number of benzene rings is 2. The number of amides is 4. The zero-order chi connectivity index (χ0) is 30.0. The zero-order valence-electron chi connectivity index (χ0n) is 23.5. The van der Waals surface area contributed by atoms with Gasteiger partial charge in [0.15, 0.2) is 0 Å². The smallest absolute Gasteiger partial charge is 0.408 e. The van der Waals surface area contributed by atoms with Crippen molar-refractivity contribution in [3.63, 3.8) is 0 Å². The molecule has 0 saturated carbocycles. The van der Waals surface area contributed by atoms with Crippen molar-refractivity contribution >= 4 is 52.9 Å². The lowest BCUT2D eigenvalue weighted by Gasteiger charge is -2.29. The molecule has 0 saturated heterocycles. The Kier molecular flexibility index (Phi) is 9.41. The number of anilines is 1. The fourth-order valence-corrected chi connectivity index (χ4v) is 5.00. The Morgan fingerprint density at radius 3 is 2.25 bits per heavy atom. The lowest BCUT2D eigenvalue weighted by atomic mass is 9.96. The molecule has 1 aliphatic heterocycles. The van der Waals surface area contributed by atoms with Crippen LogP contribution in [0.15, 0.2) is 41.3 Å². The first-order valence-corrected chi connectivity index (χ1v) is 13.9. The molecule has 216 valence electrons. The van der Waals surface area contributed by atoms with E-state index in [1.165, 1.54) is 28.8 Å². The first-order valence-electron chi connectivity index (χ1n) is 12.6. The van der Waals surface area contributed by atoms with Gasteiger partial charge in [-0.15, -0.1) is 11.8 Å². The number of hydrazine groups is 1. The molecule has 0 aliphatic carbocycles. The van der Waals surface area contributed by atoms with Crippen LogP contribution >= 0.6 is 23.4 Å². The van der Waals surface area contributed by atoms with E-state index in [1.807, 2.05) is 0 Å². The molecule has 4 amide bonds. The normalized spacial score (nSPS) is 17.4. The van der Waals surface area contributed by atoms with Gasteiger partial charge in [0, 0.05) is 20.6 Å². The molecule has 0 aromatic heterocycles. The van der Waals surface area contributed by atoms with Crippen molar-refractivity contribution in [2.75, 3.05) is 4.90 Å². The molecule has 12 heteroatoms. The van der Waals surface area contributed by atoms with Crippen molar-refractivity contribution in [2.45, 2.75) is 76.8 Å². The van der Waals surface area contributed by atoms with Crippen LogP contribution in [0.1, 0.15) is 64.4 Å². The molecule has 1 heterocycles. The fourth-order valence-electron chi connectivity index (χ4n) is 3.70. The number of thioether (sulfide) groups is 1. The van der Waals surface area contributed by atoms with E-state index in [4.69, 9.17) is 16.3 Å². The Labute approximate surface area is 242 Å². The van der Waals surface area contributed by atoms with Gasteiger partial charge >= 0.3 is 6.09 Å². The minimum atomic E-state index is -1.02. The highest BCUT2D eigenvalue weighted by Crippen LogP contribution is 2.40. The molecule has 40 heavy (non-hydrogen) atoms. The molecular weight excluding hydrogens is 559 g/mol. The van der Waals surface area contributed by atoms with Gasteiger partial charge < -0.3 is 15.0 Å². The molecule has 2 atom stereocenters. The zero-order valence-corrected chi connectivity index (χ0v) is 25.1. The monoisotopic (exact) mass is 592 g/mol. The maximum atomic E-state index is 15.2. The number of rotatable bonds is 4. The number of nitrogens with zero attached hydrogens (tertiary/aromatic N) is 1. The second-order valence-electron chi connectivity index (χ2n) is 11.5. The summed E-state index contributed by atoms with van der Waals surface area (Å²) in [6.45, 7) is 11.9. The van der Waals surface area contributed by atoms with E-state index in [-0.39, 0.29) is 17.8 Å². The average molecular weight is 593 g/mol. The van der Waals surface area contributed by atoms with Gasteiger partial charge in [-0.25, -0.2) is 9.18 Å². The van der Waals surface area contributed by atoms with E-state index in [9.17, 15) is 19.2 Å². The van der Waals surface area contributed by atoms with E-state index >= 15 is 4.39 Å². The highest BCUT2D eigenvalue weighted by molar-refractivity contribution is 8.00. The Morgan fingerprint density at radius 2 is 1.68 bits per heavy atom. The number of alkyl carbamates (subject to hydrolysis) is 1. The number of halogens is 2. The van der Waals surface area contributed by atoms with Crippen molar-refractivity contribution < 1.29 is 28.3 Å². The number of nitrogens with one attached hydrogen (secondary N) is 3. The highest BCUT2D eigenvalue weighted by atomic mass is 35.5. The summed E-state index contributed by atoms with van der Waals surface area (Å²) in [7, 11) is 0. The molecule has 0 radical (unpaired) electrons. The molecule has 3 rings (SSSR count). The van der Waals surface area contributed by atoms with Crippen LogP contribution in [0, 0.1) is 11.2 Å². The number of hydrogen-bond donors (Lipinski definition) is 3. The molecule has 3 N–H and O–H groups in total. The molecule has 0 spiro atoms. The lowest BCUT2D eigenvalue weighted by Crippen LogP contribution is -2.53. The Balaban J connectivity index is 2.02. The Morgan fingerprint density at radius 1 is 1.05 bits per heavy atom. The van der Waals surface area contributed by atoms with Crippen molar-refractivity contribution in [2.24, 2.45) is 5.41 Å². The van der Waals surface area contributed by atoms with Crippen LogP contribution in [0.2, 0.25) is 5.02 Å². The molecule has 0 bridgehead atoms. The van der Waals surface area contributed by atoms with Crippen molar-refractivity contribution in [1.82, 2.24) is 16.2 Å². The van der Waals surface area contributed by atoms with Gasteiger partial charge in [-0.3, -0.25) is 25.2 Å². The predicted molar refractivity (Wildman–Crippen MR) is 153 cm³/mol. The van der Waals surface area contributed by atoms with Crippen LogP contribution in [0.25, 0.3) is 0 Å². The van der Waals surface area contributed by atoms with Crippen LogP contribution < -0.4 is 21.1 Å². The molecule has 9 nitrogen and oxygen atoms in total. The first-order chi connectivity index (χ1) is 18.5. The van der Waals surface area contributed by atoms with Crippen LogP contribution in [-0.4, -0.2) is 40.7 Å². The van der Waals surface area contributed by atoms with Crippen molar-refractivity contribution in [1.29, 1.82) is 0 Å². The van der Waals surface area contributed by atoms with Gasteiger partial charge in [-0.1, -0.05) is 51.4 Å². The summed E-state index contributed by atoms with van der Waals surface area (Å²) in [6, 6.07) is 8.26. The van der Waals surface area contributed by atoms with E-state index < -0.39 is 51.9 Å². The third-order valence-corrected chi connectivity index (χ3v) is 7.27. The molecule has 0 unspecified atom stereocenters. The standard InChI is InChI=1S/C28H34ClFN4O5S/c1-15-22(31-26(38)39-28(5,6)7)24(36)34(14-16-8-10-17(29)11-9-16)20-12-18(19(30)13-21(20)40-15)23(35)32-33-25(37)27(2,3)4/h8-13,15,22H,14H2,1-7H3,(H,31,38)(H,32,35)(H,33,37)/t15-,22+/m1/s1. The minimum absolute atomic E-state index is 0.0518. The van der Waals surface area contributed by atoms with E-state index in [2.05, 4.69) is 16.2 Å². The topological polar surface area (TPSA) is 117 Å². The average Bonchev–Trinajstić information content (AvgIpc) is 2.91. The summed E-state index contributed by atoms with van der Waals surface area (Å²) in [4.78, 5) is 53.5.